The number of methoxy groups -OCH3 is 1. The van der Waals surface area contributed by atoms with E-state index in [9.17, 15) is 0 Å². The number of nitrogens with one attached hydrogen (secondary N) is 1. The molecule has 0 aliphatic carbocycles. The van der Waals surface area contributed by atoms with E-state index < -0.39 is 0 Å². The molecule has 2 heterocycles. The molecule has 5 heteroatoms. The highest BCUT2D eigenvalue weighted by molar-refractivity contribution is 6.30. The quantitative estimate of drug-likeness (QED) is 0.526. The molecule has 2 aliphatic heterocycles. The second kappa shape index (κ2) is 8.34. The molecule has 32 heavy (non-hydrogen) atoms. The Morgan fingerprint density at radius 3 is 2.34 bits per heavy atom. The lowest BCUT2D eigenvalue weighted by atomic mass is 9.74. The first-order valence-electron chi connectivity index (χ1n) is 11.3. The third kappa shape index (κ3) is 3.94. The number of hydrogen-bond donors (Lipinski definition) is 1. The van der Waals surface area contributed by atoms with Crippen molar-refractivity contribution in [3.63, 3.8) is 0 Å². The maximum atomic E-state index is 6.04. The molecule has 1 fully saturated rings. The number of rotatable bonds is 4. The van der Waals surface area contributed by atoms with Gasteiger partial charge in [0, 0.05) is 66.3 Å². The van der Waals surface area contributed by atoms with E-state index in [4.69, 9.17) is 16.3 Å². The average molecular weight is 448 g/mol. The maximum Gasteiger partial charge on any atom is 0.120 e. The molecule has 0 radical (unpaired) electrons. The molecule has 0 bridgehead atoms. The van der Waals surface area contributed by atoms with Crippen LogP contribution in [0.1, 0.15) is 30.5 Å². The Labute approximate surface area is 195 Å². The van der Waals surface area contributed by atoms with Gasteiger partial charge in [0.2, 0.25) is 0 Å². The summed E-state index contributed by atoms with van der Waals surface area (Å²) in [4.78, 5) is 4.99. The van der Waals surface area contributed by atoms with Crippen LogP contribution in [0, 0.1) is 0 Å². The molecular formula is C27H30ClN3O. The van der Waals surface area contributed by atoms with Gasteiger partial charge in [0.15, 0.2) is 0 Å². The van der Waals surface area contributed by atoms with Gasteiger partial charge < -0.3 is 15.0 Å². The largest absolute Gasteiger partial charge is 0.497 e. The van der Waals surface area contributed by atoms with Crippen molar-refractivity contribution in [2.75, 3.05) is 43.5 Å². The Morgan fingerprint density at radius 2 is 1.62 bits per heavy atom. The highest BCUT2D eigenvalue weighted by Crippen LogP contribution is 2.46. The Morgan fingerprint density at radius 1 is 0.875 bits per heavy atom. The second-order valence-corrected chi connectivity index (χ2v) is 9.72. The van der Waals surface area contributed by atoms with Crippen molar-refractivity contribution in [2.24, 2.45) is 0 Å². The van der Waals surface area contributed by atoms with E-state index in [0.29, 0.717) is 0 Å². The number of ether oxygens (including phenoxy) is 1. The van der Waals surface area contributed by atoms with Gasteiger partial charge in [-0.05, 0) is 53.1 Å². The molecular weight excluding hydrogens is 418 g/mol. The molecule has 0 saturated carbocycles. The summed E-state index contributed by atoms with van der Waals surface area (Å²) in [6, 6.07) is 21.4. The number of hydrogen-bond acceptors (Lipinski definition) is 4. The smallest absolute Gasteiger partial charge is 0.120 e. The fourth-order valence-electron chi connectivity index (χ4n) is 4.98. The van der Waals surface area contributed by atoms with Gasteiger partial charge in [-0.1, -0.05) is 43.6 Å². The van der Waals surface area contributed by atoms with Crippen LogP contribution in [0.15, 0.2) is 60.7 Å². The zero-order chi connectivity index (χ0) is 22.3. The van der Waals surface area contributed by atoms with Crippen molar-refractivity contribution in [1.82, 2.24) is 4.90 Å². The van der Waals surface area contributed by atoms with E-state index in [1.54, 1.807) is 7.11 Å². The SMILES string of the molecule is COc1ccc2c(c1)Nc1ccc(CN3CCN(c4ccc(Cl)cc4)CC3)cc1C2(C)C. The van der Waals surface area contributed by atoms with Crippen molar-refractivity contribution >= 4 is 28.7 Å². The normalized spacial score (nSPS) is 17.3. The Bertz CT molecular complexity index is 1120. The van der Waals surface area contributed by atoms with E-state index in [-0.39, 0.29) is 5.41 Å². The minimum atomic E-state index is -0.0640. The lowest BCUT2D eigenvalue weighted by Gasteiger charge is -2.38. The Hall–Kier alpha value is -2.69. The van der Waals surface area contributed by atoms with Crippen LogP contribution in [0.25, 0.3) is 0 Å². The van der Waals surface area contributed by atoms with Gasteiger partial charge in [-0.15, -0.1) is 0 Å². The van der Waals surface area contributed by atoms with E-state index in [0.717, 1.165) is 49.2 Å². The molecule has 0 spiro atoms. The van der Waals surface area contributed by atoms with Crippen LogP contribution in [-0.2, 0) is 12.0 Å². The van der Waals surface area contributed by atoms with E-state index in [1.165, 1.54) is 28.1 Å². The first-order chi connectivity index (χ1) is 15.4. The van der Waals surface area contributed by atoms with Crippen molar-refractivity contribution in [3.05, 3.63) is 82.4 Å². The second-order valence-electron chi connectivity index (χ2n) is 9.28. The predicted molar refractivity (Wildman–Crippen MR) is 134 cm³/mol. The highest BCUT2D eigenvalue weighted by Gasteiger charge is 2.33. The molecule has 3 aromatic carbocycles. The summed E-state index contributed by atoms with van der Waals surface area (Å²) in [6.07, 6.45) is 0. The fraction of sp³-hybridized carbons (Fsp3) is 0.333. The zero-order valence-corrected chi connectivity index (χ0v) is 19.7. The predicted octanol–water partition coefficient (Wildman–Crippen LogP) is 6.05. The molecule has 0 unspecified atom stereocenters. The third-order valence-electron chi connectivity index (χ3n) is 6.90. The number of nitrogens with zero attached hydrogens (tertiary/aromatic N) is 2. The average Bonchev–Trinajstić information content (AvgIpc) is 2.80. The standard InChI is InChI=1S/C27H30ClN3O/c1-27(2)23-10-9-22(32-3)17-26(23)29-25-11-4-19(16-24(25)27)18-30-12-14-31(15-13-30)21-7-5-20(28)6-8-21/h4-11,16-17,29H,12-15,18H2,1-3H3. The van der Waals surface area contributed by atoms with Crippen LogP contribution in [0.3, 0.4) is 0 Å². The van der Waals surface area contributed by atoms with E-state index >= 15 is 0 Å². The van der Waals surface area contributed by atoms with E-state index in [2.05, 4.69) is 77.5 Å². The van der Waals surface area contributed by atoms with Gasteiger partial charge in [0.05, 0.1) is 7.11 Å². The van der Waals surface area contributed by atoms with Gasteiger partial charge in [-0.3, -0.25) is 4.90 Å². The van der Waals surface area contributed by atoms with Crippen LogP contribution in [0.5, 0.6) is 5.75 Å². The van der Waals surface area contributed by atoms with Crippen LogP contribution >= 0.6 is 11.6 Å². The molecule has 3 aromatic rings. The van der Waals surface area contributed by atoms with Gasteiger partial charge >= 0.3 is 0 Å². The zero-order valence-electron chi connectivity index (χ0n) is 19.0. The number of anilines is 3. The third-order valence-corrected chi connectivity index (χ3v) is 7.15. The molecule has 0 atom stereocenters. The fourth-order valence-corrected chi connectivity index (χ4v) is 5.11. The summed E-state index contributed by atoms with van der Waals surface area (Å²) in [7, 11) is 1.71. The van der Waals surface area contributed by atoms with Gasteiger partial charge in [0.25, 0.3) is 0 Å². The summed E-state index contributed by atoms with van der Waals surface area (Å²) in [6.45, 7) is 9.80. The molecule has 1 saturated heterocycles. The van der Waals surface area contributed by atoms with E-state index in [1.807, 2.05) is 12.1 Å². The molecule has 166 valence electrons. The Balaban J connectivity index is 1.30. The van der Waals surface area contributed by atoms with Crippen LogP contribution in [0.2, 0.25) is 5.02 Å². The number of halogens is 1. The number of piperazine rings is 1. The Kier molecular flexibility index (Phi) is 5.52. The minimum absolute atomic E-state index is 0.0640. The number of benzene rings is 3. The summed E-state index contributed by atoms with van der Waals surface area (Å²) in [5.41, 5.74) is 7.54. The first kappa shape index (κ1) is 21.2. The first-order valence-corrected chi connectivity index (χ1v) is 11.6. The molecule has 0 amide bonds. The van der Waals surface area contributed by atoms with Crippen molar-refractivity contribution in [2.45, 2.75) is 25.8 Å². The molecule has 5 rings (SSSR count). The topological polar surface area (TPSA) is 27.7 Å². The van der Waals surface area contributed by atoms with Crippen molar-refractivity contribution in [1.29, 1.82) is 0 Å². The molecule has 1 N–H and O–H groups in total. The van der Waals surface area contributed by atoms with Crippen molar-refractivity contribution < 1.29 is 4.74 Å². The minimum Gasteiger partial charge on any atom is -0.497 e. The lowest BCUT2D eigenvalue weighted by molar-refractivity contribution is 0.250. The summed E-state index contributed by atoms with van der Waals surface area (Å²) in [5.74, 6) is 0.880. The van der Waals surface area contributed by atoms with Crippen LogP contribution in [0.4, 0.5) is 17.1 Å². The lowest BCUT2D eigenvalue weighted by Crippen LogP contribution is -2.46. The summed E-state index contributed by atoms with van der Waals surface area (Å²) in [5, 5.41) is 4.41. The van der Waals surface area contributed by atoms with Crippen LogP contribution in [-0.4, -0.2) is 38.2 Å². The summed E-state index contributed by atoms with van der Waals surface area (Å²) < 4.78 is 5.43. The summed E-state index contributed by atoms with van der Waals surface area (Å²) >= 11 is 6.04. The van der Waals surface area contributed by atoms with Gasteiger partial charge in [-0.2, -0.15) is 0 Å². The van der Waals surface area contributed by atoms with Gasteiger partial charge in [0.1, 0.15) is 5.75 Å². The molecule has 4 nitrogen and oxygen atoms in total. The van der Waals surface area contributed by atoms with Crippen LogP contribution < -0.4 is 15.0 Å². The van der Waals surface area contributed by atoms with Gasteiger partial charge in [-0.25, -0.2) is 0 Å². The monoisotopic (exact) mass is 447 g/mol. The van der Waals surface area contributed by atoms with Crippen molar-refractivity contribution in [3.8, 4) is 5.75 Å². The number of fused-ring (bicyclic) bond motifs is 2. The highest BCUT2D eigenvalue weighted by atomic mass is 35.5. The molecule has 0 aromatic heterocycles. The molecule has 2 aliphatic rings. The maximum absolute atomic E-state index is 6.04.